The van der Waals surface area contributed by atoms with Crippen molar-refractivity contribution < 1.29 is 14.7 Å². The summed E-state index contributed by atoms with van der Waals surface area (Å²) >= 11 is 0. The SMILES string of the molecule is O=C1NC(=NCc2cccc(CO)c2)NC1=O. The van der Waals surface area contributed by atoms with Gasteiger partial charge in [0.25, 0.3) is 0 Å². The molecule has 1 aromatic rings. The molecular weight excluding hydrogens is 222 g/mol. The van der Waals surface area contributed by atoms with Gasteiger partial charge in [-0.1, -0.05) is 24.3 Å². The van der Waals surface area contributed by atoms with E-state index in [2.05, 4.69) is 15.6 Å². The second kappa shape index (κ2) is 4.75. The molecule has 0 aromatic heterocycles. The van der Waals surface area contributed by atoms with Crippen LogP contribution in [0.5, 0.6) is 0 Å². The highest BCUT2D eigenvalue weighted by molar-refractivity contribution is 6.45. The average Bonchev–Trinajstić information content (AvgIpc) is 2.67. The molecule has 0 radical (unpaired) electrons. The second-order valence-electron chi connectivity index (χ2n) is 3.55. The number of aliphatic hydroxyl groups is 1. The van der Waals surface area contributed by atoms with Crippen LogP contribution in [0.1, 0.15) is 11.1 Å². The van der Waals surface area contributed by atoms with E-state index in [9.17, 15) is 9.59 Å². The lowest BCUT2D eigenvalue weighted by Gasteiger charge is -2.01. The van der Waals surface area contributed by atoms with Crippen molar-refractivity contribution in [2.45, 2.75) is 13.2 Å². The molecule has 0 unspecified atom stereocenters. The van der Waals surface area contributed by atoms with Gasteiger partial charge in [-0.05, 0) is 11.1 Å². The maximum absolute atomic E-state index is 10.9. The normalized spacial score (nSPS) is 14.5. The van der Waals surface area contributed by atoms with Gasteiger partial charge >= 0.3 is 11.8 Å². The molecule has 0 spiro atoms. The molecule has 17 heavy (non-hydrogen) atoms. The summed E-state index contributed by atoms with van der Waals surface area (Å²) in [5.74, 6) is -1.24. The van der Waals surface area contributed by atoms with Crippen LogP contribution in [0, 0.1) is 0 Å². The quantitative estimate of drug-likeness (QED) is 0.602. The van der Waals surface area contributed by atoms with Gasteiger partial charge in [0.2, 0.25) is 5.96 Å². The minimum absolute atomic E-state index is 0.0299. The Morgan fingerprint density at radius 3 is 2.41 bits per heavy atom. The Labute approximate surface area is 97.4 Å². The lowest BCUT2D eigenvalue weighted by atomic mass is 10.1. The lowest BCUT2D eigenvalue weighted by Crippen LogP contribution is -2.25. The van der Waals surface area contributed by atoms with Crippen LogP contribution < -0.4 is 10.6 Å². The van der Waals surface area contributed by atoms with E-state index in [0.717, 1.165) is 11.1 Å². The first-order chi connectivity index (χ1) is 8.19. The number of hydrogen-bond donors (Lipinski definition) is 3. The molecule has 1 saturated heterocycles. The number of benzene rings is 1. The molecule has 1 aliphatic rings. The van der Waals surface area contributed by atoms with E-state index in [4.69, 9.17) is 5.11 Å². The molecule has 1 heterocycles. The zero-order valence-electron chi connectivity index (χ0n) is 8.93. The number of aliphatic hydroxyl groups excluding tert-OH is 1. The third-order valence-electron chi connectivity index (χ3n) is 2.26. The fourth-order valence-electron chi connectivity index (χ4n) is 1.44. The van der Waals surface area contributed by atoms with Crippen molar-refractivity contribution in [3.05, 3.63) is 35.4 Å². The Kier molecular flexibility index (Phi) is 3.15. The standard InChI is InChI=1S/C11H11N3O3/c15-6-8-3-1-2-7(4-8)5-12-11-13-9(16)10(17)14-11/h1-4,15H,5-6H2,(H2,12,13,14,16,17). The van der Waals surface area contributed by atoms with Gasteiger partial charge in [-0.25, -0.2) is 4.99 Å². The van der Waals surface area contributed by atoms with Crippen LogP contribution in [0.15, 0.2) is 29.3 Å². The first kappa shape index (κ1) is 11.3. The highest BCUT2D eigenvalue weighted by Crippen LogP contribution is 2.06. The van der Waals surface area contributed by atoms with E-state index in [1.165, 1.54) is 0 Å². The molecule has 0 saturated carbocycles. The van der Waals surface area contributed by atoms with Gasteiger partial charge in [-0.2, -0.15) is 0 Å². The Morgan fingerprint density at radius 1 is 1.12 bits per heavy atom. The van der Waals surface area contributed by atoms with Crippen molar-refractivity contribution in [1.29, 1.82) is 0 Å². The predicted octanol–water partition coefficient (Wildman–Crippen LogP) is -0.719. The number of guanidine groups is 1. The van der Waals surface area contributed by atoms with Gasteiger partial charge in [0.05, 0.1) is 13.2 Å². The number of amides is 2. The van der Waals surface area contributed by atoms with Crippen LogP contribution in [0.4, 0.5) is 0 Å². The molecule has 0 atom stereocenters. The molecule has 1 aromatic carbocycles. The van der Waals surface area contributed by atoms with Gasteiger partial charge in [0, 0.05) is 0 Å². The molecule has 0 bridgehead atoms. The zero-order chi connectivity index (χ0) is 12.3. The number of rotatable bonds is 3. The molecule has 0 aliphatic carbocycles. The Bertz CT molecular complexity index is 478. The largest absolute Gasteiger partial charge is 0.392 e. The summed E-state index contributed by atoms with van der Waals surface area (Å²) < 4.78 is 0. The number of nitrogens with zero attached hydrogens (tertiary/aromatic N) is 1. The molecule has 2 rings (SSSR count). The van der Waals surface area contributed by atoms with Crippen molar-refractivity contribution in [2.75, 3.05) is 0 Å². The summed E-state index contributed by atoms with van der Waals surface area (Å²) in [6, 6.07) is 7.27. The molecule has 1 aliphatic heterocycles. The van der Waals surface area contributed by atoms with E-state index in [-0.39, 0.29) is 12.6 Å². The minimum Gasteiger partial charge on any atom is -0.392 e. The smallest absolute Gasteiger partial charge is 0.316 e. The predicted molar refractivity (Wildman–Crippen MR) is 59.8 cm³/mol. The minimum atomic E-state index is -0.701. The van der Waals surface area contributed by atoms with Crippen LogP contribution in [-0.4, -0.2) is 22.9 Å². The van der Waals surface area contributed by atoms with Gasteiger partial charge in [-0.3, -0.25) is 20.2 Å². The topological polar surface area (TPSA) is 90.8 Å². The number of carbonyl (C=O) groups excluding carboxylic acids is 2. The van der Waals surface area contributed by atoms with Crippen LogP contribution in [0.25, 0.3) is 0 Å². The third kappa shape index (κ3) is 2.67. The Morgan fingerprint density at radius 2 is 1.76 bits per heavy atom. The van der Waals surface area contributed by atoms with E-state index >= 15 is 0 Å². The van der Waals surface area contributed by atoms with Crippen LogP contribution in [0.2, 0.25) is 0 Å². The number of aliphatic imine (C=N–C) groups is 1. The van der Waals surface area contributed by atoms with E-state index < -0.39 is 11.8 Å². The molecule has 88 valence electrons. The van der Waals surface area contributed by atoms with Crippen molar-refractivity contribution in [3.8, 4) is 0 Å². The summed E-state index contributed by atoms with van der Waals surface area (Å²) in [5, 5.41) is 13.6. The zero-order valence-corrected chi connectivity index (χ0v) is 8.93. The fraction of sp³-hybridized carbons (Fsp3) is 0.182. The maximum atomic E-state index is 10.9. The molecule has 3 N–H and O–H groups in total. The average molecular weight is 233 g/mol. The molecule has 6 nitrogen and oxygen atoms in total. The highest BCUT2D eigenvalue weighted by Gasteiger charge is 2.24. The van der Waals surface area contributed by atoms with Crippen molar-refractivity contribution >= 4 is 17.8 Å². The van der Waals surface area contributed by atoms with Gasteiger partial charge in [0.15, 0.2) is 0 Å². The van der Waals surface area contributed by atoms with Gasteiger partial charge in [-0.15, -0.1) is 0 Å². The van der Waals surface area contributed by atoms with Crippen molar-refractivity contribution in [3.63, 3.8) is 0 Å². The summed E-state index contributed by atoms with van der Waals surface area (Å²) in [4.78, 5) is 25.8. The lowest BCUT2D eigenvalue weighted by molar-refractivity contribution is -0.135. The second-order valence-corrected chi connectivity index (χ2v) is 3.55. The number of hydrogen-bond acceptors (Lipinski definition) is 4. The van der Waals surface area contributed by atoms with Gasteiger partial charge < -0.3 is 5.11 Å². The highest BCUT2D eigenvalue weighted by atomic mass is 16.3. The number of nitrogens with one attached hydrogen (secondary N) is 2. The molecule has 2 amide bonds. The van der Waals surface area contributed by atoms with Crippen LogP contribution >= 0.6 is 0 Å². The third-order valence-corrected chi connectivity index (χ3v) is 2.26. The molecular formula is C11H11N3O3. The first-order valence-corrected chi connectivity index (χ1v) is 5.04. The van der Waals surface area contributed by atoms with E-state index in [1.54, 1.807) is 6.07 Å². The van der Waals surface area contributed by atoms with Crippen molar-refractivity contribution in [1.82, 2.24) is 10.6 Å². The number of carbonyl (C=O) groups is 2. The Hall–Kier alpha value is -2.21. The summed E-state index contributed by atoms with van der Waals surface area (Å²) in [6.45, 7) is 0.293. The molecule has 1 fully saturated rings. The monoisotopic (exact) mass is 233 g/mol. The van der Waals surface area contributed by atoms with E-state index in [1.807, 2.05) is 18.2 Å². The van der Waals surface area contributed by atoms with Crippen LogP contribution in [-0.2, 0) is 22.7 Å². The first-order valence-electron chi connectivity index (χ1n) is 5.04. The van der Waals surface area contributed by atoms with Crippen molar-refractivity contribution in [2.24, 2.45) is 4.99 Å². The summed E-state index contributed by atoms with van der Waals surface area (Å²) in [6.07, 6.45) is 0. The summed E-state index contributed by atoms with van der Waals surface area (Å²) in [5.41, 5.74) is 1.68. The Balaban J connectivity index is 2.04. The fourth-order valence-corrected chi connectivity index (χ4v) is 1.44. The van der Waals surface area contributed by atoms with E-state index in [0.29, 0.717) is 6.54 Å². The summed E-state index contributed by atoms with van der Waals surface area (Å²) in [7, 11) is 0. The maximum Gasteiger partial charge on any atom is 0.316 e. The molecule has 6 heteroatoms. The van der Waals surface area contributed by atoms with Gasteiger partial charge in [0.1, 0.15) is 0 Å². The van der Waals surface area contributed by atoms with Crippen LogP contribution in [0.3, 0.4) is 0 Å².